The molecular weight excluding hydrogens is 361 g/mol. The van der Waals surface area contributed by atoms with E-state index in [9.17, 15) is 21.6 Å². The van der Waals surface area contributed by atoms with E-state index in [1.807, 2.05) is 0 Å². The van der Waals surface area contributed by atoms with Gasteiger partial charge in [0, 0.05) is 5.56 Å². The molecule has 7 nitrogen and oxygen atoms in total. The van der Waals surface area contributed by atoms with Gasteiger partial charge in [-0.05, 0) is 12.1 Å². The van der Waals surface area contributed by atoms with Crippen LogP contribution in [0.15, 0.2) is 53.7 Å². The van der Waals surface area contributed by atoms with Crippen molar-refractivity contribution in [2.45, 2.75) is 11.2 Å². The van der Waals surface area contributed by atoms with Gasteiger partial charge in [-0.15, -0.1) is 5.10 Å². The summed E-state index contributed by atoms with van der Waals surface area (Å²) in [4.78, 5) is 7.06. The van der Waals surface area contributed by atoms with Crippen molar-refractivity contribution in [3.8, 4) is 17.1 Å². The van der Waals surface area contributed by atoms with Crippen LogP contribution in [0.4, 0.5) is 13.2 Å². The van der Waals surface area contributed by atoms with Gasteiger partial charge in [-0.25, -0.2) is 14.6 Å². The van der Waals surface area contributed by atoms with E-state index in [0.717, 1.165) is 23.0 Å². The van der Waals surface area contributed by atoms with Gasteiger partial charge in [0.05, 0.1) is 11.9 Å². The molecule has 0 spiro atoms. The Morgan fingerprint density at radius 3 is 2.24 bits per heavy atom. The first-order valence-corrected chi connectivity index (χ1v) is 8.14. The minimum absolute atomic E-state index is 0.0502. The van der Waals surface area contributed by atoms with E-state index >= 15 is 0 Å². The number of rotatable bonds is 3. The molecule has 11 heteroatoms. The largest absolute Gasteiger partial charge is 0.453 e. The highest BCUT2D eigenvalue weighted by Crippen LogP contribution is 2.30. The summed E-state index contributed by atoms with van der Waals surface area (Å²) in [5.41, 5.74) is 0.429. The Hall–Kier alpha value is -2.79. The molecule has 0 bridgehead atoms. The summed E-state index contributed by atoms with van der Waals surface area (Å²) in [5, 5.41) is 2.82. The number of hydrogen-bond acceptors (Lipinski definition) is 5. The lowest BCUT2D eigenvalue weighted by atomic mass is 10.2. The fourth-order valence-corrected chi connectivity index (χ4v) is 2.46. The van der Waals surface area contributed by atoms with Crippen LogP contribution < -0.4 is 0 Å². The van der Waals surface area contributed by atoms with Crippen LogP contribution in [0.5, 0.6) is 0 Å². The quantitative estimate of drug-likeness (QED) is 0.712. The summed E-state index contributed by atoms with van der Waals surface area (Å²) in [6, 6.07) is 10.2. The molecule has 25 heavy (non-hydrogen) atoms. The molecule has 0 aliphatic rings. The summed E-state index contributed by atoms with van der Waals surface area (Å²) in [6.07, 6.45) is -3.78. The smallest absolute Gasteiger partial charge is 0.281 e. The predicted molar refractivity (Wildman–Crippen MR) is 79.4 cm³/mol. The minimum Gasteiger partial charge on any atom is -0.281 e. The molecule has 1 N–H and O–H groups in total. The molecule has 0 radical (unpaired) electrons. The van der Waals surface area contributed by atoms with Crippen molar-refractivity contribution in [3.05, 3.63) is 54.5 Å². The Morgan fingerprint density at radius 1 is 1.04 bits per heavy atom. The number of hydrogen-bond donors (Lipinski definition) is 1. The molecule has 2 aromatic heterocycles. The van der Waals surface area contributed by atoms with Gasteiger partial charge in [0.1, 0.15) is 0 Å². The maximum atomic E-state index is 13.0. The van der Waals surface area contributed by atoms with Crippen molar-refractivity contribution in [2.24, 2.45) is 0 Å². The Kier molecular flexibility index (Phi) is 4.05. The lowest BCUT2D eigenvalue weighted by Gasteiger charge is -2.06. The molecule has 0 unspecified atom stereocenters. The predicted octanol–water partition coefficient (Wildman–Crippen LogP) is 2.59. The molecular formula is C14H9F3N4O3S. The van der Waals surface area contributed by atoms with Gasteiger partial charge in [-0.1, -0.05) is 30.3 Å². The number of alkyl halides is 3. The zero-order valence-corrected chi connectivity index (χ0v) is 13.0. The summed E-state index contributed by atoms with van der Waals surface area (Å²) >= 11 is 0. The SMILES string of the molecule is O=S(=O)(O)c1ccc(-n2nc(C(F)(F)F)nc2-c2ccccc2)cn1. The molecule has 0 aliphatic carbocycles. The highest BCUT2D eigenvalue weighted by atomic mass is 32.2. The molecule has 130 valence electrons. The third-order valence-corrected chi connectivity index (χ3v) is 3.89. The number of pyridine rings is 1. The van der Waals surface area contributed by atoms with Crippen LogP contribution in [0.25, 0.3) is 17.1 Å². The average Bonchev–Trinajstić information content (AvgIpc) is 3.00. The highest BCUT2D eigenvalue weighted by molar-refractivity contribution is 7.85. The lowest BCUT2D eigenvalue weighted by Crippen LogP contribution is -2.09. The van der Waals surface area contributed by atoms with Crippen LogP contribution in [-0.4, -0.2) is 32.7 Å². The fraction of sp³-hybridized carbons (Fsp3) is 0.0714. The van der Waals surface area contributed by atoms with Gasteiger partial charge in [0.15, 0.2) is 10.9 Å². The molecule has 3 aromatic rings. The van der Waals surface area contributed by atoms with Crippen molar-refractivity contribution in [3.63, 3.8) is 0 Å². The first kappa shape index (κ1) is 17.0. The summed E-state index contributed by atoms with van der Waals surface area (Å²) < 4.78 is 70.8. The van der Waals surface area contributed by atoms with Gasteiger partial charge in [-0.2, -0.15) is 21.6 Å². The van der Waals surface area contributed by atoms with Crippen molar-refractivity contribution in [2.75, 3.05) is 0 Å². The topological polar surface area (TPSA) is 98.0 Å². The number of nitrogens with zero attached hydrogens (tertiary/aromatic N) is 4. The Bertz CT molecular complexity index is 1000. The fourth-order valence-electron chi connectivity index (χ4n) is 2.04. The van der Waals surface area contributed by atoms with Gasteiger partial charge >= 0.3 is 16.3 Å². The molecule has 0 amide bonds. The maximum absolute atomic E-state index is 13.0. The van der Waals surface area contributed by atoms with Crippen molar-refractivity contribution in [1.29, 1.82) is 0 Å². The van der Waals surface area contributed by atoms with Crippen LogP contribution in [0.2, 0.25) is 0 Å². The van der Waals surface area contributed by atoms with E-state index in [0.29, 0.717) is 5.56 Å². The van der Waals surface area contributed by atoms with E-state index in [1.54, 1.807) is 30.3 Å². The molecule has 2 heterocycles. The second-order valence-electron chi connectivity index (χ2n) is 4.86. The van der Waals surface area contributed by atoms with E-state index in [4.69, 9.17) is 4.55 Å². The summed E-state index contributed by atoms with van der Waals surface area (Å²) in [7, 11) is -4.52. The molecule has 0 atom stereocenters. The van der Waals surface area contributed by atoms with Gasteiger partial charge in [-0.3, -0.25) is 4.55 Å². The van der Waals surface area contributed by atoms with E-state index < -0.39 is 27.1 Å². The Morgan fingerprint density at radius 2 is 1.72 bits per heavy atom. The van der Waals surface area contributed by atoms with Crippen molar-refractivity contribution >= 4 is 10.1 Å². The highest BCUT2D eigenvalue weighted by Gasteiger charge is 2.37. The maximum Gasteiger partial charge on any atom is 0.453 e. The number of aromatic nitrogens is 4. The molecule has 3 rings (SSSR count). The van der Waals surface area contributed by atoms with Crippen LogP contribution in [0, 0.1) is 0 Å². The molecule has 0 saturated carbocycles. The van der Waals surface area contributed by atoms with E-state index in [2.05, 4.69) is 15.1 Å². The van der Waals surface area contributed by atoms with Crippen LogP contribution in [-0.2, 0) is 16.3 Å². The third-order valence-electron chi connectivity index (χ3n) is 3.12. The van der Waals surface area contributed by atoms with E-state index in [-0.39, 0.29) is 11.5 Å². The average molecular weight is 370 g/mol. The van der Waals surface area contributed by atoms with E-state index in [1.165, 1.54) is 0 Å². The first-order chi connectivity index (χ1) is 11.7. The summed E-state index contributed by atoms with van der Waals surface area (Å²) in [6.45, 7) is 0. The third kappa shape index (κ3) is 3.51. The molecule has 1 aromatic carbocycles. The monoisotopic (exact) mass is 370 g/mol. The van der Waals surface area contributed by atoms with Gasteiger partial charge < -0.3 is 0 Å². The molecule has 0 saturated heterocycles. The van der Waals surface area contributed by atoms with Crippen LogP contribution in [0.3, 0.4) is 0 Å². The Labute approximate surface area is 139 Å². The van der Waals surface area contributed by atoms with Crippen molar-refractivity contribution < 1.29 is 26.1 Å². The summed E-state index contributed by atoms with van der Waals surface area (Å²) in [5.74, 6) is -1.43. The van der Waals surface area contributed by atoms with Crippen LogP contribution in [0.1, 0.15) is 5.82 Å². The second-order valence-corrected chi connectivity index (χ2v) is 6.23. The lowest BCUT2D eigenvalue weighted by molar-refractivity contribution is -0.144. The normalized spacial score (nSPS) is 12.3. The van der Waals surface area contributed by atoms with Crippen LogP contribution >= 0.6 is 0 Å². The second kappa shape index (κ2) is 5.93. The Balaban J connectivity index is 2.16. The van der Waals surface area contributed by atoms with Crippen molar-refractivity contribution in [1.82, 2.24) is 19.7 Å². The molecule has 0 aliphatic heterocycles. The minimum atomic E-state index is -4.75. The van der Waals surface area contributed by atoms with Gasteiger partial charge in [0.25, 0.3) is 5.82 Å². The number of benzene rings is 1. The molecule has 0 fully saturated rings. The zero-order valence-electron chi connectivity index (χ0n) is 12.2. The van der Waals surface area contributed by atoms with Gasteiger partial charge in [0.2, 0.25) is 0 Å². The standard InChI is InChI=1S/C14H9F3N4O3S/c15-14(16,17)13-19-12(9-4-2-1-3-5-9)21(20-13)10-6-7-11(18-8-10)25(22,23)24/h1-8H,(H,22,23,24). The number of halogens is 3. The zero-order chi connectivity index (χ0) is 18.2. The first-order valence-electron chi connectivity index (χ1n) is 6.70.